The first-order valence-corrected chi connectivity index (χ1v) is 9.59. The molecule has 1 heterocycles. The summed E-state index contributed by atoms with van der Waals surface area (Å²) in [4.78, 5) is -0.860. The molecular formula is C17H11ClF4N2O4S. The highest BCUT2D eigenvalue weighted by molar-refractivity contribution is 7.89. The van der Waals surface area contributed by atoms with Crippen molar-refractivity contribution in [2.75, 3.05) is 7.11 Å². The smallest absolute Gasteiger partial charge is 0.453 e. The van der Waals surface area contributed by atoms with Crippen LogP contribution in [0.25, 0.3) is 22.4 Å². The molecule has 0 aliphatic rings. The quantitative estimate of drug-likeness (QED) is 0.591. The fourth-order valence-electron chi connectivity index (χ4n) is 2.64. The van der Waals surface area contributed by atoms with Crippen molar-refractivity contribution in [3.63, 3.8) is 0 Å². The van der Waals surface area contributed by atoms with Crippen molar-refractivity contribution in [3.8, 4) is 28.1 Å². The molecular weight excluding hydrogens is 440 g/mol. The van der Waals surface area contributed by atoms with E-state index in [9.17, 15) is 26.0 Å². The van der Waals surface area contributed by atoms with Crippen LogP contribution in [0.15, 0.2) is 45.8 Å². The molecule has 0 bridgehead atoms. The van der Waals surface area contributed by atoms with Gasteiger partial charge in [0.05, 0.1) is 17.7 Å². The maximum atomic E-state index is 14.2. The summed E-state index contributed by atoms with van der Waals surface area (Å²) in [6.45, 7) is 0. The molecule has 0 aliphatic carbocycles. The van der Waals surface area contributed by atoms with Gasteiger partial charge in [0, 0.05) is 5.56 Å². The Morgan fingerprint density at radius 3 is 2.34 bits per heavy atom. The molecule has 0 spiro atoms. The molecule has 12 heteroatoms. The number of primary sulfonamides is 1. The maximum Gasteiger partial charge on any atom is 0.453 e. The summed E-state index contributed by atoms with van der Waals surface area (Å²) in [6, 6.07) is 6.44. The third-order valence-corrected chi connectivity index (χ3v) is 5.16. The van der Waals surface area contributed by atoms with Crippen molar-refractivity contribution in [3.05, 3.63) is 53.0 Å². The Bertz CT molecular complexity index is 1190. The number of alkyl halides is 3. The first-order chi connectivity index (χ1) is 13.4. The van der Waals surface area contributed by atoms with E-state index in [-0.39, 0.29) is 27.6 Å². The molecule has 0 amide bonds. The van der Waals surface area contributed by atoms with Crippen LogP contribution in [0.4, 0.5) is 17.6 Å². The standard InChI is InChI=1S/C17H11ClF4N2O4S/c1-27-12-7-9(2-4-10(12)18)15-14(16(28-24-15)17(20,21)22)8-3-5-13(11(19)6-8)29(23,25)26/h2-7H,1H3,(H2,23,25,26). The topological polar surface area (TPSA) is 95.4 Å². The number of halogens is 5. The average molecular weight is 451 g/mol. The highest BCUT2D eigenvalue weighted by Crippen LogP contribution is 2.44. The summed E-state index contributed by atoms with van der Waals surface area (Å²) in [5.41, 5.74) is -1.01. The lowest BCUT2D eigenvalue weighted by Gasteiger charge is -2.10. The number of ether oxygens (including phenoxy) is 1. The van der Waals surface area contributed by atoms with Crippen LogP contribution in [0.5, 0.6) is 5.75 Å². The molecule has 2 N–H and O–H groups in total. The molecule has 0 atom stereocenters. The molecule has 0 saturated heterocycles. The van der Waals surface area contributed by atoms with Crippen molar-refractivity contribution >= 4 is 21.6 Å². The van der Waals surface area contributed by atoms with E-state index in [1.807, 2.05) is 0 Å². The zero-order chi connectivity index (χ0) is 21.6. The van der Waals surface area contributed by atoms with Gasteiger partial charge in [0.25, 0.3) is 0 Å². The molecule has 0 fully saturated rings. The van der Waals surface area contributed by atoms with Crippen LogP contribution in [0.3, 0.4) is 0 Å². The molecule has 1 aromatic heterocycles. The van der Waals surface area contributed by atoms with Gasteiger partial charge in [0.2, 0.25) is 15.8 Å². The van der Waals surface area contributed by atoms with Crippen LogP contribution in [0.2, 0.25) is 5.02 Å². The second kappa shape index (κ2) is 7.32. The van der Waals surface area contributed by atoms with E-state index in [0.717, 1.165) is 12.1 Å². The van der Waals surface area contributed by atoms with Gasteiger partial charge in [0.15, 0.2) is 0 Å². The van der Waals surface area contributed by atoms with Crippen LogP contribution in [0, 0.1) is 5.82 Å². The minimum Gasteiger partial charge on any atom is -0.495 e. The molecule has 3 rings (SSSR count). The van der Waals surface area contributed by atoms with Gasteiger partial charge in [-0.1, -0.05) is 28.9 Å². The third-order valence-electron chi connectivity index (χ3n) is 3.90. The minimum absolute atomic E-state index is 0.149. The SMILES string of the molecule is COc1cc(-c2noc(C(F)(F)F)c2-c2ccc(S(N)(=O)=O)c(F)c2)ccc1Cl. The lowest BCUT2D eigenvalue weighted by molar-refractivity contribution is -0.154. The van der Waals surface area contributed by atoms with E-state index in [4.69, 9.17) is 21.5 Å². The van der Waals surface area contributed by atoms with Crippen molar-refractivity contribution < 1.29 is 35.2 Å². The number of benzene rings is 2. The Hall–Kier alpha value is -2.63. The summed E-state index contributed by atoms with van der Waals surface area (Å²) in [6.07, 6.45) is -4.95. The maximum absolute atomic E-state index is 14.2. The Labute approximate surface area is 166 Å². The number of nitrogens with zero attached hydrogens (tertiary/aromatic N) is 1. The van der Waals surface area contributed by atoms with E-state index in [1.54, 1.807) is 0 Å². The van der Waals surface area contributed by atoms with E-state index in [1.165, 1.54) is 25.3 Å². The molecule has 29 heavy (non-hydrogen) atoms. The highest BCUT2D eigenvalue weighted by atomic mass is 35.5. The lowest BCUT2D eigenvalue weighted by Crippen LogP contribution is -2.14. The second-order valence-corrected chi connectivity index (χ2v) is 7.71. The number of nitrogens with two attached hydrogens (primary N) is 1. The average Bonchev–Trinajstić information content (AvgIpc) is 3.06. The lowest BCUT2D eigenvalue weighted by atomic mass is 9.98. The van der Waals surface area contributed by atoms with Gasteiger partial charge in [0.1, 0.15) is 22.2 Å². The fourth-order valence-corrected chi connectivity index (χ4v) is 3.43. The van der Waals surface area contributed by atoms with E-state index in [2.05, 4.69) is 9.68 Å². The molecule has 0 radical (unpaired) electrons. The summed E-state index contributed by atoms with van der Waals surface area (Å²) in [5.74, 6) is -2.63. The van der Waals surface area contributed by atoms with E-state index in [0.29, 0.717) is 6.07 Å². The Morgan fingerprint density at radius 2 is 1.79 bits per heavy atom. The number of hydrogen-bond acceptors (Lipinski definition) is 5. The number of sulfonamides is 1. The van der Waals surface area contributed by atoms with Gasteiger partial charge in [-0.3, -0.25) is 0 Å². The fraction of sp³-hybridized carbons (Fsp3) is 0.118. The molecule has 0 unspecified atom stereocenters. The summed E-state index contributed by atoms with van der Waals surface area (Å²) >= 11 is 5.93. The summed E-state index contributed by atoms with van der Waals surface area (Å²) < 4.78 is 86.9. The largest absolute Gasteiger partial charge is 0.495 e. The minimum atomic E-state index is -4.95. The van der Waals surface area contributed by atoms with Crippen molar-refractivity contribution in [1.29, 1.82) is 0 Å². The summed E-state index contributed by atoms with van der Waals surface area (Å²) in [5, 5.41) is 8.57. The number of rotatable bonds is 4. The normalized spacial score (nSPS) is 12.2. The zero-order valence-corrected chi connectivity index (χ0v) is 16.0. The first-order valence-electron chi connectivity index (χ1n) is 7.67. The van der Waals surface area contributed by atoms with Crippen molar-refractivity contribution in [2.24, 2.45) is 5.14 Å². The number of hydrogen-bond donors (Lipinski definition) is 1. The number of aromatic nitrogens is 1. The predicted molar refractivity (Wildman–Crippen MR) is 95.3 cm³/mol. The molecule has 6 nitrogen and oxygen atoms in total. The van der Waals surface area contributed by atoms with Crippen LogP contribution in [-0.2, 0) is 16.2 Å². The first kappa shape index (κ1) is 21.1. The van der Waals surface area contributed by atoms with Crippen LogP contribution >= 0.6 is 11.6 Å². The van der Waals surface area contributed by atoms with Gasteiger partial charge in [-0.05, 0) is 29.8 Å². The van der Waals surface area contributed by atoms with Crippen molar-refractivity contribution in [2.45, 2.75) is 11.1 Å². The number of methoxy groups -OCH3 is 1. The van der Waals surface area contributed by atoms with Crippen molar-refractivity contribution in [1.82, 2.24) is 5.16 Å². The van der Waals surface area contributed by atoms with E-state index >= 15 is 0 Å². The monoisotopic (exact) mass is 450 g/mol. The van der Waals surface area contributed by atoms with Gasteiger partial charge in [-0.15, -0.1) is 0 Å². The molecule has 0 aliphatic heterocycles. The van der Waals surface area contributed by atoms with Gasteiger partial charge >= 0.3 is 6.18 Å². The molecule has 0 saturated carbocycles. The van der Waals surface area contributed by atoms with Gasteiger partial charge in [-0.2, -0.15) is 13.2 Å². The highest BCUT2D eigenvalue weighted by Gasteiger charge is 2.41. The van der Waals surface area contributed by atoms with Crippen LogP contribution < -0.4 is 9.88 Å². The van der Waals surface area contributed by atoms with Gasteiger partial charge < -0.3 is 9.26 Å². The Morgan fingerprint density at radius 1 is 1.14 bits per heavy atom. The Kier molecular flexibility index (Phi) is 5.32. The molecule has 3 aromatic rings. The summed E-state index contributed by atoms with van der Waals surface area (Å²) in [7, 11) is -3.08. The molecule has 2 aromatic carbocycles. The molecule has 154 valence electrons. The predicted octanol–water partition coefficient (Wildman–Crippen LogP) is 4.48. The third kappa shape index (κ3) is 4.07. The zero-order valence-electron chi connectivity index (χ0n) is 14.4. The van der Waals surface area contributed by atoms with Crippen LogP contribution in [-0.4, -0.2) is 20.7 Å². The second-order valence-electron chi connectivity index (χ2n) is 5.77. The van der Waals surface area contributed by atoms with E-state index < -0.39 is 38.2 Å². The van der Waals surface area contributed by atoms with Gasteiger partial charge in [-0.25, -0.2) is 17.9 Å². The van der Waals surface area contributed by atoms with Crippen LogP contribution in [0.1, 0.15) is 5.76 Å². The Balaban J connectivity index is 2.28.